The zero-order chi connectivity index (χ0) is 13.8. The number of nitrogens with zero attached hydrogens (tertiary/aromatic N) is 3. The highest BCUT2D eigenvalue weighted by Gasteiger charge is 2.21. The lowest BCUT2D eigenvalue weighted by Crippen LogP contribution is -2.43. The first-order valence-corrected chi connectivity index (χ1v) is 7.27. The molecule has 0 radical (unpaired) electrons. The minimum absolute atomic E-state index is 0.146. The van der Waals surface area contributed by atoms with E-state index in [9.17, 15) is 4.79 Å². The van der Waals surface area contributed by atoms with Crippen molar-refractivity contribution >= 4 is 17.3 Å². The molecule has 0 aliphatic carbocycles. The van der Waals surface area contributed by atoms with E-state index in [1.165, 1.54) is 4.68 Å². The second-order valence-corrected chi connectivity index (χ2v) is 5.45. The number of halogens is 1. The lowest BCUT2D eigenvalue weighted by molar-refractivity contribution is 0.501. The highest BCUT2D eigenvalue weighted by Crippen LogP contribution is 2.24. The molecule has 1 aliphatic heterocycles. The Kier molecular flexibility index (Phi) is 4.82. The minimum atomic E-state index is -0.202. The smallest absolute Gasteiger partial charge is 0.287 e. The third kappa shape index (κ3) is 3.28. The highest BCUT2D eigenvalue weighted by atomic mass is 35.5. The van der Waals surface area contributed by atoms with Gasteiger partial charge >= 0.3 is 0 Å². The van der Waals surface area contributed by atoms with Crippen LogP contribution >= 0.6 is 11.6 Å². The molecule has 1 aromatic rings. The van der Waals surface area contributed by atoms with Crippen molar-refractivity contribution in [1.82, 2.24) is 9.78 Å². The van der Waals surface area contributed by atoms with Crippen molar-refractivity contribution in [3.05, 3.63) is 21.6 Å². The number of aromatic nitrogens is 2. The largest absolute Gasteiger partial charge is 0.367 e. The van der Waals surface area contributed by atoms with Crippen LogP contribution in [-0.4, -0.2) is 28.9 Å². The number of piperidine rings is 1. The quantitative estimate of drug-likeness (QED) is 0.913. The third-order valence-electron chi connectivity index (χ3n) is 3.49. The van der Waals surface area contributed by atoms with Crippen molar-refractivity contribution < 1.29 is 0 Å². The van der Waals surface area contributed by atoms with Gasteiger partial charge in [-0.2, -0.15) is 5.10 Å². The predicted octanol–water partition coefficient (Wildman–Crippen LogP) is 1.62. The van der Waals surface area contributed by atoms with Crippen molar-refractivity contribution in [3.63, 3.8) is 0 Å². The monoisotopic (exact) mass is 284 g/mol. The number of unbranched alkanes of at least 4 members (excludes halogenated alkanes) is 1. The Bertz CT molecular complexity index is 488. The second kappa shape index (κ2) is 6.39. The van der Waals surface area contributed by atoms with Gasteiger partial charge in [0.15, 0.2) is 0 Å². The van der Waals surface area contributed by atoms with E-state index in [1.807, 2.05) is 0 Å². The molecule has 5 nitrogen and oxygen atoms in total. The molecule has 1 atom stereocenters. The summed E-state index contributed by atoms with van der Waals surface area (Å²) in [5, 5.41) is 4.48. The first-order chi connectivity index (χ1) is 9.13. The molecule has 0 aromatic carbocycles. The number of hydrogen-bond donors (Lipinski definition) is 1. The fourth-order valence-electron chi connectivity index (χ4n) is 2.37. The van der Waals surface area contributed by atoms with Gasteiger partial charge in [-0.05, 0) is 19.3 Å². The van der Waals surface area contributed by atoms with Crippen LogP contribution in [0, 0.1) is 0 Å². The van der Waals surface area contributed by atoms with Crippen molar-refractivity contribution in [1.29, 1.82) is 0 Å². The molecule has 0 saturated carbocycles. The molecule has 1 unspecified atom stereocenters. The van der Waals surface area contributed by atoms with Gasteiger partial charge in [0.05, 0.1) is 11.9 Å². The van der Waals surface area contributed by atoms with Crippen molar-refractivity contribution in [2.45, 2.75) is 45.2 Å². The van der Waals surface area contributed by atoms with Crippen molar-refractivity contribution in [2.75, 3.05) is 18.0 Å². The maximum absolute atomic E-state index is 12.1. The Morgan fingerprint density at radius 1 is 1.58 bits per heavy atom. The molecule has 1 saturated heterocycles. The van der Waals surface area contributed by atoms with Crippen LogP contribution in [0.5, 0.6) is 0 Å². The molecule has 2 heterocycles. The van der Waals surface area contributed by atoms with Crippen LogP contribution in [0.4, 0.5) is 5.69 Å². The van der Waals surface area contributed by atoms with Crippen LogP contribution in [-0.2, 0) is 6.54 Å². The number of aryl methyl sites for hydroxylation is 1. The van der Waals surface area contributed by atoms with E-state index >= 15 is 0 Å². The number of nitrogens with two attached hydrogens (primary N) is 1. The molecule has 0 bridgehead atoms. The van der Waals surface area contributed by atoms with E-state index in [-0.39, 0.29) is 16.6 Å². The number of hydrogen-bond acceptors (Lipinski definition) is 4. The summed E-state index contributed by atoms with van der Waals surface area (Å²) in [4.78, 5) is 14.2. The first-order valence-electron chi connectivity index (χ1n) is 6.89. The van der Waals surface area contributed by atoms with Gasteiger partial charge in [0, 0.05) is 25.7 Å². The Morgan fingerprint density at radius 2 is 2.37 bits per heavy atom. The summed E-state index contributed by atoms with van der Waals surface area (Å²) in [6.07, 6.45) is 5.69. The Morgan fingerprint density at radius 3 is 3.05 bits per heavy atom. The fraction of sp³-hybridized carbons (Fsp3) is 0.692. The standard InChI is InChI=1S/C13H21ClN4O/c1-2-3-7-18-13(19)12(14)11(8-16-18)17-6-4-5-10(15)9-17/h8,10H,2-7,9,15H2,1H3. The lowest BCUT2D eigenvalue weighted by Gasteiger charge is -2.32. The van der Waals surface area contributed by atoms with E-state index in [0.29, 0.717) is 6.54 Å². The minimum Gasteiger partial charge on any atom is -0.367 e. The molecular weight excluding hydrogens is 264 g/mol. The molecule has 1 aromatic heterocycles. The van der Waals surface area contributed by atoms with E-state index in [1.54, 1.807) is 6.20 Å². The molecule has 6 heteroatoms. The molecule has 0 spiro atoms. The Hall–Kier alpha value is -1.07. The van der Waals surface area contributed by atoms with Gasteiger partial charge < -0.3 is 10.6 Å². The maximum atomic E-state index is 12.1. The van der Waals surface area contributed by atoms with Crippen LogP contribution in [0.15, 0.2) is 11.0 Å². The van der Waals surface area contributed by atoms with Gasteiger partial charge in [0.25, 0.3) is 5.56 Å². The van der Waals surface area contributed by atoms with E-state index in [4.69, 9.17) is 17.3 Å². The van der Waals surface area contributed by atoms with Gasteiger partial charge in [0.2, 0.25) is 0 Å². The van der Waals surface area contributed by atoms with Gasteiger partial charge in [-0.25, -0.2) is 4.68 Å². The van der Waals surface area contributed by atoms with Crippen LogP contribution in [0.2, 0.25) is 5.02 Å². The van der Waals surface area contributed by atoms with Crippen LogP contribution in [0.3, 0.4) is 0 Å². The van der Waals surface area contributed by atoms with Crippen LogP contribution in [0.1, 0.15) is 32.6 Å². The first kappa shape index (κ1) is 14.3. The number of anilines is 1. The average molecular weight is 285 g/mol. The van der Waals surface area contributed by atoms with E-state index < -0.39 is 0 Å². The molecule has 106 valence electrons. The SMILES string of the molecule is CCCCn1ncc(N2CCCC(N)C2)c(Cl)c1=O. The lowest BCUT2D eigenvalue weighted by atomic mass is 10.1. The second-order valence-electron chi connectivity index (χ2n) is 5.07. The van der Waals surface area contributed by atoms with Crippen LogP contribution < -0.4 is 16.2 Å². The van der Waals surface area contributed by atoms with Crippen LogP contribution in [0.25, 0.3) is 0 Å². The molecule has 19 heavy (non-hydrogen) atoms. The molecule has 2 N–H and O–H groups in total. The maximum Gasteiger partial charge on any atom is 0.287 e. The zero-order valence-electron chi connectivity index (χ0n) is 11.3. The summed E-state index contributed by atoms with van der Waals surface area (Å²) in [6.45, 7) is 4.32. The molecular formula is C13H21ClN4O. The molecule has 1 aliphatic rings. The van der Waals surface area contributed by atoms with Gasteiger partial charge in [-0.15, -0.1) is 0 Å². The number of rotatable bonds is 4. The van der Waals surface area contributed by atoms with E-state index in [2.05, 4.69) is 16.9 Å². The zero-order valence-corrected chi connectivity index (χ0v) is 12.1. The summed E-state index contributed by atoms with van der Waals surface area (Å²) in [5.74, 6) is 0. The predicted molar refractivity (Wildman–Crippen MR) is 77.8 cm³/mol. The van der Waals surface area contributed by atoms with Gasteiger partial charge in [0.1, 0.15) is 5.02 Å². The van der Waals surface area contributed by atoms with Gasteiger partial charge in [-0.1, -0.05) is 24.9 Å². The Balaban J connectivity index is 2.22. The molecule has 0 amide bonds. The molecule has 1 fully saturated rings. The summed E-state index contributed by atoms with van der Waals surface area (Å²) in [5.41, 5.74) is 6.47. The molecule has 2 rings (SSSR count). The summed E-state index contributed by atoms with van der Waals surface area (Å²) >= 11 is 6.20. The summed E-state index contributed by atoms with van der Waals surface area (Å²) in [6, 6.07) is 0.146. The van der Waals surface area contributed by atoms with Gasteiger partial charge in [-0.3, -0.25) is 4.79 Å². The fourth-order valence-corrected chi connectivity index (χ4v) is 2.64. The van der Waals surface area contributed by atoms with E-state index in [0.717, 1.165) is 44.5 Å². The summed E-state index contributed by atoms with van der Waals surface area (Å²) < 4.78 is 1.44. The third-order valence-corrected chi connectivity index (χ3v) is 3.84. The van der Waals surface area contributed by atoms with Crippen molar-refractivity contribution in [2.24, 2.45) is 5.73 Å². The Labute approximate surface area is 118 Å². The van der Waals surface area contributed by atoms with Crippen molar-refractivity contribution in [3.8, 4) is 0 Å². The normalized spacial score (nSPS) is 19.7. The summed E-state index contributed by atoms with van der Waals surface area (Å²) in [7, 11) is 0. The average Bonchev–Trinajstić information content (AvgIpc) is 2.40. The highest BCUT2D eigenvalue weighted by molar-refractivity contribution is 6.33. The topological polar surface area (TPSA) is 64.2 Å².